The molecule has 1 saturated carbocycles. The Morgan fingerprint density at radius 2 is 1.92 bits per heavy atom. The van der Waals surface area contributed by atoms with E-state index >= 15 is 0 Å². The number of nitrogens with zero attached hydrogens (tertiary/aromatic N) is 1. The number of benzene rings is 1. The number of rotatable bonds is 4. The van der Waals surface area contributed by atoms with E-state index in [1.165, 1.54) is 25.7 Å². The number of fused-ring (bicyclic) bond motifs is 1. The molecule has 4 nitrogen and oxygen atoms in total. The van der Waals surface area contributed by atoms with E-state index in [-0.39, 0.29) is 11.7 Å². The Labute approximate surface area is 144 Å². The fourth-order valence-corrected chi connectivity index (χ4v) is 4.33. The van der Waals surface area contributed by atoms with E-state index in [0.717, 1.165) is 24.9 Å². The van der Waals surface area contributed by atoms with E-state index in [2.05, 4.69) is 4.90 Å². The van der Waals surface area contributed by atoms with Crippen LogP contribution in [0.2, 0.25) is 0 Å². The zero-order valence-corrected chi connectivity index (χ0v) is 14.7. The monoisotopic (exact) mass is 329 g/mol. The molecule has 2 atom stereocenters. The molecule has 0 radical (unpaired) electrons. The Balaban J connectivity index is 1.78. The summed E-state index contributed by atoms with van der Waals surface area (Å²) in [5, 5.41) is 0. The van der Waals surface area contributed by atoms with Gasteiger partial charge >= 0.3 is 0 Å². The third-order valence-electron chi connectivity index (χ3n) is 5.59. The Kier molecular flexibility index (Phi) is 5.22. The Hall–Kier alpha value is -1.84. The van der Waals surface area contributed by atoms with Crippen LogP contribution in [0, 0.1) is 5.92 Å². The summed E-state index contributed by atoms with van der Waals surface area (Å²) in [7, 11) is 1.61. The van der Waals surface area contributed by atoms with Crippen molar-refractivity contribution < 1.29 is 14.3 Å². The van der Waals surface area contributed by atoms with Crippen molar-refractivity contribution in [1.29, 1.82) is 0 Å². The van der Waals surface area contributed by atoms with Crippen molar-refractivity contribution in [1.82, 2.24) is 4.90 Å². The van der Waals surface area contributed by atoms with Crippen molar-refractivity contribution in [2.75, 3.05) is 13.7 Å². The predicted octanol–water partition coefficient (Wildman–Crippen LogP) is 3.62. The maximum Gasteiger partial charge on any atom is 0.227 e. The van der Waals surface area contributed by atoms with Crippen molar-refractivity contribution in [3.8, 4) is 5.75 Å². The molecule has 0 bridgehead atoms. The molecule has 1 aromatic rings. The molecule has 3 rings (SSSR count). The summed E-state index contributed by atoms with van der Waals surface area (Å²) in [5.74, 6) is 1.55. The number of amides is 1. The number of ether oxygens (including phenoxy) is 1. The van der Waals surface area contributed by atoms with Crippen molar-refractivity contribution in [3.63, 3.8) is 0 Å². The first-order chi connectivity index (χ1) is 11.6. The SMILES string of the molecule is COc1ccc(C(C)=O)cc1CC(=O)N1CCCC2CCCCC21. The summed E-state index contributed by atoms with van der Waals surface area (Å²) in [5.41, 5.74) is 1.45. The minimum absolute atomic E-state index is 0.0108. The smallest absolute Gasteiger partial charge is 0.227 e. The molecule has 2 unspecified atom stereocenters. The summed E-state index contributed by atoms with van der Waals surface area (Å²) in [6.07, 6.45) is 7.62. The molecule has 1 aliphatic heterocycles. The second-order valence-electron chi connectivity index (χ2n) is 7.10. The molecule has 24 heavy (non-hydrogen) atoms. The highest BCUT2D eigenvalue weighted by molar-refractivity contribution is 5.94. The highest BCUT2D eigenvalue weighted by atomic mass is 16.5. The number of hydrogen-bond donors (Lipinski definition) is 0. The van der Waals surface area contributed by atoms with E-state index < -0.39 is 0 Å². The van der Waals surface area contributed by atoms with Crippen LogP contribution >= 0.6 is 0 Å². The lowest BCUT2D eigenvalue weighted by molar-refractivity contribution is -0.136. The third-order valence-corrected chi connectivity index (χ3v) is 5.59. The van der Waals surface area contributed by atoms with Crippen molar-refractivity contribution >= 4 is 11.7 Å². The molecule has 4 heteroatoms. The number of carbonyl (C=O) groups excluding carboxylic acids is 2. The number of hydrogen-bond acceptors (Lipinski definition) is 3. The van der Waals surface area contributed by atoms with Gasteiger partial charge in [0.2, 0.25) is 5.91 Å². The molecule has 1 aromatic carbocycles. The van der Waals surface area contributed by atoms with E-state index in [1.807, 2.05) is 0 Å². The summed E-state index contributed by atoms with van der Waals surface area (Å²) >= 11 is 0. The van der Waals surface area contributed by atoms with Crippen LogP contribution < -0.4 is 4.74 Å². The van der Waals surface area contributed by atoms with Gasteiger partial charge in [-0.15, -0.1) is 0 Å². The first kappa shape index (κ1) is 17.0. The van der Waals surface area contributed by atoms with Gasteiger partial charge in [-0.1, -0.05) is 12.8 Å². The van der Waals surface area contributed by atoms with Gasteiger partial charge in [-0.05, 0) is 56.7 Å². The van der Waals surface area contributed by atoms with E-state index in [0.29, 0.717) is 29.7 Å². The van der Waals surface area contributed by atoms with Crippen LogP contribution in [0.3, 0.4) is 0 Å². The normalized spacial score (nSPS) is 23.5. The molecule has 1 aliphatic carbocycles. The lowest BCUT2D eigenvalue weighted by atomic mass is 9.78. The number of carbonyl (C=O) groups is 2. The van der Waals surface area contributed by atoms with Crippen LogP contribution in [-0.2, 0) is 11.2 Å². The van der Waals surface area contributed by atoms with Gasteiger partial charge in [-0.2, -0.15) is 0 Å². The highest BCUT2D eigenvalue weighted by Gasteiger charge is 2.35. The Bertz CT molecular complexity index is 623. The molecule has 2 fully saturated rings. The molecular weight excluding hydrogens is 302 g/mol. The summed E-state index contributed by atoms with van der Waals surface area (Å²) in [6, 6.07) is 5.77. The van der Waals surface area contributed by atoms with Gasteiger partial charge in [-0.3, -0.25) is 9.59 Å². The van der Waals surface area contributed by atoms with Crippen molar-refractivity contribution in [2.24, 2.45) is 5.92 Å². The largest absolute Gasteiger partial charge is 0.496 e. The van der Waals surface area contributed by atoms with Gasteiger partial charge < -0.3 is 9.64 Å². The molecule has 0 N–H and O–H groups in total. The molecule has 1 heterocycles. The van der Waals surface area contributed by atoms with Crippen LogP contribution in [0.15, 0.2) is 18.2 Å². The van der Waals surface area contributed by atoms with Crippen LogP contribution in [0.5, 0.6) is 5.75 Å². The summed E-state index contributed by atoms with van der Waals surface area (Å²) in [6.45, 7) is 2.42. The first-order valence-corrected chi connectivity index (χ1v) is 9.07. The third kappa shape index (κ3) is 3.47. The molecule has 0 spiro atoms. The maximum atomic E-state index is 13.0. The lowest BCUT2D eigenvalue weighted by Crippen LogP contribution is -2.50. The van der Waals surface area contributed by atoms with Gasteiger partial charge in [0.15, 0.2) is 5.78 Å². The maximum absolute atomic E-state index is 13.0. The predicted molar refractivity (Wildman–Crippen MR) is 93.4 cm³/mol. The summed E-state index contributed by atoms with van der Waals surface area (Å²) < 4.78 is 5.39. The fraction of sp³-hybridized carbons (Fsp3) is 0.600. The van der Waals surface area contributed by atoms with Crippen molar-refractivity contribution in [3.05, 3.63) is 29.3 Å². The van der Waals surface area contributed by atoms with Crippen molar-refractivity contribution in [2.45, 2.75) is 57.9 Å². The summed E-state index contributed by atoms with van der Waals surface area (Å²) in [4.78, 5) is 26.7. The second kappa shape index (κ2) is 7.37. The lowest BCUT2D eigenvalue weighted by Gasteiger charge is -2.44. The number of ketones is 1. The minimum Gasteiger partial charge on any atom is -0.496 e. The van der Waals surface area contributed by atoms with Gasteiger partial charge in [0.25, 0.3) is 0 Å². The van der Waals surface area contributed by atoms with Crippen LogP contribution in [0.1, 0.15) is 61.4 Å². The van der Waals surface area contributed by atoms with Crippen LogP contribution in [0.25, 0.3) is 0 Å². The quantitative estimate of drug-likeness (QED) is 0.793. The molecular formula is C20H27NO3. The molecule has 1 saturated heterocycles. The fourth-order valence-electron chi connectivity index (χ4n) is 4.33. The van der Waals surface area contributed by atoms with Gasteiger partial charge in [0, 0.05) is 23.7 Å². The molecule has 0 aromatic heterocycles. The number of Topliss-reactive ketones (excluding diaryl/α,β-unsaturated/α-hetero) is 1. The van der Waals surface area contributed by atoms with Gasteiger partial charge in [-0.25, -0.2) is 0 Å². The zero-order valence-electron chi connectivity index (χ0n) is 14.7. The molecule has 130 valence electrons. The molecule has 2 aliphatic rings. The number of piperidine rings is 1. The van der Waals surface area contributed by atoms with Crippen LogP contribution in [-0.4, -0.2) is 36.3 Å². The number of likely N-dealkylation sites (tertiary alicyclic amines) is 1. The van der Waals surface area contributed by atoms with Gasteiger partial charge in [0.05, 0.1) is 13.5 Å². The standard InChI is InChI=1S/C20H27NO3/c1-14(22)16-9-10-19(24-2)17(12-16)13-20(23)21-11-5-7-15-6-3-4-8-18(15)21/h9-10,12,15,18H,3-8,11,13H2,1-2H3. The van der Waals surface area contributed by atoms with Gasteiger partial charge in [0.1, 0.15) is 5.75 Å². The second-order valence-corrected chi connectivity index (χ2v) is 7.10. The average Bonchev–Trinajstić information content (AvgIpc) is 2.61. The van der Waals surface area contributed by atoms with E-state index in [4.69, 9.17) is 4.74 Å². The Morgan fingerprint density at radius 1 is 1.17 bits per heavy atom. The van der Waals surface area contributed by atoms with Crippen LogP contribution in [0.4, 0.5) is 0 Å². The topological polar surface area (TPSA) is 46.6 Å². The van der Waals surface area contributed by atoms with E-state index in [1.54, 1.807) is 32.2 Å². The highest BCUT2D eigenvalue weighted by Crippen LogP contribution is 2.35. The Morgan fingerprint density at radius 3 is 2.67 bits per heavy atom. The molecule has 1 amide bonds. The minimum atomic E-state index is 0.0108. The number of methoxy groups -OCH3 is 1. The zero-order chi connectivity index (χ0) is 17.1. The van der Waals surface area contributed by atoms with E-state index in [9.17, 15) is 9.59 Å². The first-order valence-electron chi connectivity index (χ1n) is 9.07. The average molecular weight is 329 g/mol.